The monoisotopic (exact) mass is 508 g/mol. The number of amides is 1. The van der Waals surface area contributed by atoms with Gasteiger partial charge in [0.1, 0.15) is 5.82 Å². The second-order valence-corrected chi connectivity index (χ2v) is 9.85. The molecule has 0 spiro atoms. The summed E-state index contributed by atoms with van der Waals surface area (Å²) in [5.74, 6) is -0.0983. The van der Waals surface area contributed by atoms with Crippen molar-refractivity contribution in [1.82, 2.24) is 20.1 Å². The summed E-state index contributed by atoms with van der Waals surface area (Å²) in [5, 5.41) is 14.8. The van der Waals surface area contributed by atoms with E-state index in [2.05, 4.69) is 37.8 Å². The fourth-order valence-electron chi connectivity index (χ4n) is 5.07. The predicted molar refractivity (Wildman–Crippen MR) is 150 cm³/mol. The van der Waals surface area contributed by atoms with Crippen LogP contribution < -0.4 is 10.6 Å². The molecule has 1 saturated heterocycles. The third-order valence-electron chi connectivity index (χ3n) is 7.16. The van der Waals surface area contributed by atoms with Crippen molar-refractivity contribution in [3.63, 3.8) is 0 Å². The maximum atomic E-state index is 13.6. The van der Waals surface area contributed by atoms with Crippen molar-refractivity contribution in [2.24, 2.45) is 0 Å². The van der Waals surface area contributed by atoms with Crippen LogP contribution >= 0.6 is 0 Å². The average molecular weight is 509 g/mol. The van der Waals surface area contributed by atoms with E-state index in [0.717, 1.165) is 59.3 Å². The Labute approximate surface area is 220 Å². The van der Waals surface area contributed by atoms with Gasteiger partial charge >= 0.3 is 0 Å². The van der Waals surface area contributed by atoms with Gasteiger partial charge in [-0.2, -0.15) is 5.10 Å². The third kappa shape index (κ3) is 4.90. The van der Waals surface area contributed by atoms with Gasteiger partial charge in [0.15, 0.2) is 5.82 Å². The molecule has 4 N–H and O–H groups in total. The highest BCUT2D eigenvalue weighted by Crippen LogP contribution is 2.38. The number of aromatic amines is 2. The molecular formula is C30H29FN6O. The van der Waals surface area contributed by atoms with Crippen LogP contribution in [0.15, 0.2) is 78.9 Å². The van der Waals surface area contributed by atoms with Gasteiger partial charge in [0.2, 0.25) is 0 Å². The number of anilines is 2. The summed E-state index contributed by atoms with van der Waals surface area (Å²) < 4.78 is 13.6. The molecule has 0 saturated carbocycles. The van der Waals surface area contributed by atoms with Crippen LogP contribution in [0, 0.1) is 5.82 Å². The van der Waals surface area contributed by atoms with Gasteiger partial charge in [-0.15, -0.1) is 0 Å². The highest BCUT2D eigenvalue weighted by Gasteiger charge is 2.19. The zero-order valence-corrected chi connectivity index (χ0v) is 21.1. The normalized spacial score (nSPS) is 14.6. The maximum Gasteiger partial charge on any atom is 0.256 e. The lowest BCUT2D eigenvalue weighted by Crippen LogP contribution is -2.36. The fourth-order valence-corrected chi connectivity index (χ4v) is 5.07. The van der Waals surface area contributed by atoms with Crippen LogP contribution in [-0.4, -0.2) is 52.2 Å². The lowest BCUT2D eigenvalue weighted by Gasteiger charge is -2.30. The summed E-state index contributed by atoms with van der Waals surface area (Å²) in [7, 11) is 2.15. The number of rotatable bonds is 6. The molecule has 0 bridgehead atoms. The van der Waals surface area contributed by atoms with E-state index >= 15 is 0 Å². The van der Waals surface area contributed by atoms with Crippen LogP contribution in [0.5, 0.6) is 0 Å². The molecular weight excluding hydrogens is 479 g/mol. The summed E-state index contributed by atoms with van der Waals surface area (Å²) in [4.78, 5) is 18.7. The molecule has 0 unspecified atom stereocenters. The Hall–Kier alpha value is -4.43. The zero-order valence-electron chi connectivity index (χ0n) is 21.1. The average Bonchev–Trinajstić information content (AvgIpc) is 3.55. The first-order valence-corrected chi connectivity index (χ1v) is 12.8. The molecule has 3 heterocycles. The van der Waals surface area contributed by atoms with Crippen LogP contribution in [0.25, 0.3) is 33.4 Å². The number of aromatic nitrogens is 3. The quantitative estimate of drug-likeness (QED) is 0.222. The number of halogens is 1. The SMILES string of the molecule is CN1CCC(Nc2ccc(C(=O)Nc3cc(-c4[nH]c5ccccc5c4-c4ccc(F)cc4)[nH]n3)cc2)CC1. The van der Waals surface area contributed by atoms with Crippen molar-refractivity contribution in [2.45, 2.75) is 18.9 Å². The summed E-state index contributed by atoms with van der Waals surface area (Å²) in [5.41, 5.74) is 5.88. The van der Waals surface area contributed by atoms with Crippen molar-refractivity contribution < 1.29 is 9.18 Å². The van der Waals surface area contributed by atoms with Gasteiger partial charge in [-0.05, 0) is 81.0 Å². The predicted octanol–water partition coefficient (Wildman–Crippen LogP) is 6.12. The Morgan fingerprint density at radius 1 is 1.00 bits per heavy atom. The van der Waals surface area contributed by atoms with Crippen molar-refractivity contribution in [3.05, 3.63) is 90.2 Å². The van der Waals surface area contributed by atoms with Gasteiger partial charge in [0, 0.05) is 39.8 Å². The molecule has 0 radical (unpaired) electrons. The lowest BCUT2D eigenvalue weighted by molar-refractivity contribution is 0.102. The smallest absolute Gasteiger partial charge is 0.256 e. The number of hydrogen-bond acceptors (Lipinski definition) is 4. The molecule has 1 aliphatic heterocycles. The van der Waals surface area contributed by atoms with E-state index in [4.69, 9.17) is 0 Å². The number of fused-ring (bicyclic) bond motifs is 1. The Bertz CT molecular complexity index is 1560. The minimum Gasteiger partial charge on any atom is -0.382 e. The molecule has 3 aromatic carbocycles. The number of H-pyrrole nitrogens is 2. The number of benzene rings is 3. The Kier molecular flexibility index (Phi) is 6.39. The molecule has 7 nitrogen and oxygen atoms in total. The van der Waals surface area contributed by atoms with Crippen molar-refractivity contribution in [1.29, 1.82) is 0 Å². The molecule has 0 aliphatic carbocycles. The maximum absolute atomic E-state index is 13.6. The number of hydrogen-bond donors (Lipinski definition) is 4. The van der Waals surface area contributed by atoms with Gasteiger partial charge in [-0.3, -0.25) is 9.89 Å². The molecule has 0 atom stereocenters. The second-order valence-electron chi connectivity index (χ2n) is 9.85. The van der Waals surface area contributed by atoms with Gasteiger partial charge in [-0.1, -0.05) is 30.3 Å². The number of carbonyl (C=O) groups excluding carboxylic acids is 1. The molecule has 5 aromatic rings. The molecule has 1 aliphatic rings. The van der Waals surface area contributed by atoms with Gasteiger partial charge in [0.05, 0.1) is 11.4 Å². The van der Waals surface area contributed by atoms with E-state index in [9.17, 15) is 9.18 Å². The molecule has 6 rings (SSSR count). The number of para-hydroxylation sites is 1. The van der Waals surface area contributed by atoms with Crippen LogP contribution in [-0.2, 0) is 0 Å². The molecule has 8 heteroatoms. The number of nitrogens with zero attached hydrogens (tertiary/aromatic N) is 2. The molecule has 1 fully saturated rings. The third-order valence-corrected chi connectivity index (χ3v) is 7.16. The Balaban J connectivity index is 1.20. The first-order chi connectivity index (χ1) is 18.5. The lowest BCUT2D eigenvalue weighted by atomic mass is 10.0. The summed E-state index contributed by atoms with van der Waals surface area (Å²) >= 11 is 0. The Morgan fingerprint density at radius 3 is 2.50 bits per heavy atom. The minimum atomic E-state index is -0.285. The molecule has 2 aromatic heterocycles. The standard InChI is InChI=1S/C30H29FN6O/c1-37-16-14-23(15-17-37)32-22-12-8-20(9-13-22)30(38)34-27-18-26(35-36-27)29-28(19-6-10-21(31)11-7-19)24-4-2-3-5-25(24)33-29/h2-13,18,23,32-33H,14-17H2,1H3,(H2,34,35,36,38). The van der Waals surface area contributed by atoms with E-state index < -0.39 is 0 Å². The van der Waals surface area contributed by atoms with E-state index in [0.29, 0.717) is 23.1 Å². The number of carbonyl (C=O) groups is 1. The molecule has 1 amide bonds. The van der Waals surface area contributed by atoms with Crippen LogP contribution in [0.4, 0.5) is 15.9 Å². The molecule has 192 valence electrons. The fraction of sp³-hybridized carbons (Fsp3) is 0.200. The van der Waals surface area contributed by atoms with Crippen molar-refractivity contribution >= 4 is 28.3 Å². The topological polar surface area (TPSA) is 88.8 Å². The van der Waals surface area contributed by atoms with Gasteiger partial charge in [-0.25, -0.2) is 4.39 Å². The van der Waals surface area contributed by atoms with E-state index in [1.807, 2.05) is 48.5 Å². The van der Waals surface area contributed by atoms with Crippen LogP contribution in [0.3, 0.4) is 0 Å². The van der Waals surface area contributed by atoms with E-state index in [1.54, 1.807) is 18.2 Å². The first kappa shape index (κ1) is 23.9. The summed E-state index contributed by atoms with van der Waals surface area (Å²) in [6, 6.07) is 24.2. The van der Waals surface area contributed by atoms with Crippen molar-refractivity contribution in [2.75, 3.05) is 30.8 Å². The number of likely N-dealkylation sites (tertiary alicyclic amines) is 1. The zero-order chi connectivity index (χ0) is 26.1. The highest BCUT2D eigenvalue weighted by molar-refractivity contribution is 6.05. The largest absolute Gasteiger partial charge is 0.382 e. The second kappa shape index (κ2) is 10.1. The van der Waals surface area contributed by atoms with Gasteiger partial charge < -0.3 is 20.5 Å². The molecule has 38 heavy (non-hydrogen) atoms. The van der Waals surface area contributed by atoms with Gasteiger partial charge in [0.25, 0.3) is 5.91 Å². The number of piperidine rings is 1. The summed E-state index contributed by atoms with van der Waals surface area (Å²) in [6.45, 7) is 2.18. The van der Waals surface area contributed by atoms with E-state index in [1.165, 1.54) is 12.1 Å². The van der Waals surface area contributed by atoms with E-state index in [-0.39, 0.29) is 11.7 Å². The highest BCUT2D eigenvalue weighted by atomic mass is 19.1. The summed E-state index contributed by atoms with van der Waals surface area (Å²) in [6.07, 6.45) is 2.22. The first-order valence-electron chi connectivity index (χ1n) is 12.8. The minimum absolute atomic E-state index is 0.232. The van der Waals surface area contributed by atoms with Crippen LogP contribution in [0.1, 0.15) is 23.2 Å². The van der Waals surface area contributed by atoms with Crippen LogP contribution in [0.2, 0.25) is 0 Å². The number of nitrogens with one attached hydrogen (secondary N) is 4. The van der Waals surface area contributed by atoms with Crippen molar-refractivity contribution in [3.8, 4) is 22.5 Å². The Morgan fingerprint density at radius 2 is 1.74 bits per heavy atom.